The Morgan fingerprint density at radius 3 is 2.83 bits per heavy atom. The number of nitrogens with zero attached hydrogens (tertiary/aromatic N) is 5. The lowest BCUT2D eigenvalue weighted by atomic mass is 9.89. The zero-order valence-corrected chi connectivity index (χ0v) is 30.2. The molecule has 3 atom stereocenters. The van der Waals surface area contributed by atoms with Crippen LogP contribution in [0.4, 0.5) is 14.6 Å². The minimum Gasteiger partial charge on any atom is -0.496 e. The molecule has 1 aliphatic carbocycles. The monoisotopic (exact) mass is 752 g/mol. The molecule has 0 radical (unpaired) electrons. The molecule has 0 unspecified atom stereocenters. The number of benzene rings is 2. The molecule has 3 aliphatic heterocycles. The summed E-state index contributed by atoms with van der Waals surface area (Å²) in [5.74, 6) is -1.10. The number of ether oxygens (including phenoxy) is 2. The molecule has 0 spiro atoms. The van der Waals surface area contributed by atoms with E-state index < -0.39 is 18.4 Å². The van der Waals surface area contributed by atoms with Gasteiger partial charge in [-0.3, -0.25) is 9.78 Å². The highest BCUT2D eigenvalue weighted by Crippen LogP contribution is 2.53. The summed E-state index contributed by atoms with van der Waals surface area (Å²) in [5, 5.41) is 13.1. The molecule has 6 aromatic rings. The number of thiophene rings is 1. The van der Waals surface area contributed by atoms with Gasteiger partial charge in [-0.1, -0.05) is 29.8 Å². The van der Waals surface area contributed by atoms with E-state index >= 15 is 8.78 Å². The number of hydrogen-bond acceptors (Lipinski definition) is 10. The summed E-state index contributed by atoms with van der Waals surface area (Å²) in [4.78, 5) is 26.8. The van der Waals surface area contributed by atoms with Crippen LogP contribution in [0, 0.1) is 6.92 Å². The molecular formula is C39H31ClF2N6O4S. The lowest BCUT2D eigenvalue weighted by Crippen LogP contribution is -2.28. The Morgan fingerprint density at radius 1 is 1.11 bits per heavy atom. The van der Waals surface area contributed by atoms with Crippen LogP contribution in [0.2, 0.25) is 5.02 Å². The van der Waals surface area contributed by atoms with Crippen LogP contribution in [0.5, 0.6) is 11.5 Å². The van der Waals surface area contributed by atoms with Crippen molar-refractivity contribution in [1.82, 2.24) is 25.1 Å². The van der Waals surface area contributed by atoms with Gasteiger partial charge in [0, 0.05) is 65.0 Å². The van der Waals surface area contributed by atoms with Gasteiger partial charge in [0.1, 0.15) is 23.4 Å². The maximum Gasteiger partial charge on any atom is 0.276 e. The van der Waals surface area contributed by atoms with E-state index in [1.54, 1.807) is 31.3 Å². The standard InChI is InChI=1S/C39H31ClF2N6O4S/c1-18-46-47-37(52-18)30-25(13-20-17-51-28-15-21(40)8-9-22(20)28)44-33-26-6-4-12-48(26)38(49)32(33)31(30)29-14-19-10-11-43-36(34(19)53-29)45-35-23-5-3-7-27(50-2)24(23)16-39(35,41)42/h3,5,7-11,14-15,20,26,35H,4,6,12-13,16-17H2,1-2H3,(H,43,45)/t20-,26-,35+/m0/s1. The van der Waals surface area contributed by atoms with Crippen LogP contribution in [0.1, 0.15) is 75.2 Å². The number of nitrogens with one attached hydrogen (secondary N) is 1. The Morgan fingerprint density at radius 2 is 2.00 bits per heavy atom. The summed E-state index contributed by atoms with van der Waals surface area (Å²) in [7, 11) is 1.49. The van der Waals surface area contributed by atoms with Crippen molar-refractivity contribution in [2.75, 3.05) is 25.6 Å². The molecule has 14 heteroatoms. The van der Waals surface area contributed by atoms with Crippen molar-refractivity contribution in [2.24, 2.45) is 0 Å². The van der Waals surface area contributed by atoms with Gasteiger partial charge in [-0.25, -0.2) is 13.8 Å². The molecule has 1 N–H and O–H groups in total. The molecule has 1 fully saturated rings. The van der Waals surface area contributed by atoms with Gasteiger partial charge in [-0.2, -0.15) is 0 Å². The Hall–Kier alpha value is -5.14. The van der Waals surface area contributed by atoms with Gasteiger partial charge in [0.25, 0.3) is 11.8 Å². The first-order chi connectivity index (χ1) is 25.7. The van der Waals surface area contributed by atoms with Gasteiger partial charge in [0.2, 0.25) is 11.8 Å². The molecule has 7 heterocycles. The number of aryl methyl sites for hydroxylation is 1. The van der Waals surface area contributed by atoms with Crippen LogP contribution in [0.15, 0.2) is 59.1 Å². The van der Waals surface area contributed by atoms with E-state index in [0.29, 0.717) is 80.3 Å². The van der Waals surface area contributed by atoms with Crippen molar-refractivity contribution in [3.63, 3.8) is 0 Å². The average Bonchev–Trinajstić information content (AvgIpc) is 3.99. The summed E-state index contributed by atoms with van der Waals surface area (Å²) in [5.41, 5.74) is 5.17. The first kappa shape index (κ1) is 32.5. The van der Waals surface area contributed by atoms with Gasteiger partial charge >= 0.3 is 0 Å². The predicted octanol–water partition coefficient (Wildman–Crippen LogP) is 8.73. The third kappa shape index (κ3) is 5.03. The minimum absolute atomic E-state index is 0.0442. The van der Waals surface area contributed by atoms with Crippen molar-refractivity contribution in [3.8, 4) is 33.4 Å². The summed E-state index contributed by atoms with van der Waals surface area (Å²) < 4.78 is 49.7. The summed E-state index contributed by atoms with van der Waals surface area (Å²) >= 11 is 7.67. The zero-order chi connectivity index (χ0) is 36.2. The van der Waals surface area contributed by atoms with Gasteiger partial charge in [0.15, 0.2) is 0 Å². The van der Waals surface area contributed by atoms with Crippen LogP contribution < -0.4 is 14.8 Å². The van der Waals surface area contributed by atoms with E-state index in [1.807, 2.05) is 35.2 Å². The number of rotatable bonds is 7. The van der Waals surface area contributed by atoms with Crippen LogP contribution in [0.25, 0.3) is 32.0 Å². The molecule has 4 aromatic heterocycles. The first-order valence-corrected chi connectivity index (χ1v) is 18.7. The van der Waals surface area contributed by atoms with E-state index in [2.05, 4.69) is 20.5 Å². The Kier molecular flexibility index (Phi) is 7.32. The fraction of sp³-hybridized carbons (Fsp3) is 0.308. The van der Waals surface area contributed by atoms with E-state index in [4.69, 9.17) is 30.5 Å². The number of anilines is 1. The molecule has 1 amide bonds. The highest BCUT2D eigenvalue weighted by molar-refractivity contribution is 7.23. The molecule has 10 nitrogen and oxygen atoms in total. The SMILES string of the molecule is COc1cccc2c1CC(F)(F)[C@@H]2Nc1nccc2cc(-c3c4c(nc(C[C@H]5COc6cc(Cl)ccc65)c3-c3nnc(C)o3)[C@@H]3CCCN3C4=O)sc12. The molecular weight excluding hydrogens is 722 g/mol. The molecule has 0 saturated carbocycles. The third-order valence-corrected chi connectivity index (χ3v) is 12.3. The highest BCUT2D eigenvalue weighted by Gasteiger charge is 2.49. The lowest BCUT2D eigenvalue weighted by Gasteiger charge is -2.22. The van der Waals surface area contributed by atoms with Crippen molar-refractivity contribution in [2.45, 2.75) is 56.5 Å². The van der Waals surface area contributed by atoms with Crippen LogP contribution in [-0.2, 0) is 12.8 Å². The fourth-order valence-corrected chi connectivity index (χ4v) is 9.86. The van der Waals surface area contributed by atoms with Gasteiger partial charge in [0.05, 0.1) is 47.0 Å². The largest absolute Gasteiger partial charge is 0.496 e. The Labute approximate surface area is 311 Å². The van der Waals surface area contributed by atoms with E-state index in [1.165, 1.54) is 18.4 Å². The highest BCUT2D eigenvalue weighted by atomic mass is 35.5. The van der Waals surface area contributed by atoms with Crippen molar-refractivity contribution >= 4 is 44.7 Å². The third-order valence-electron chi connectivity index (χ3n) is 10.9. The summed E-state index contributed by atoms with van der Waals surface area (Å²) in [6.45, 7) is 2.80. The molecule has 4 aliphatic rings. The van der Waals surface area contributed by atoms with Crippen LogP contribution in [0.3, 0.4) is 0 Å². The first-order valence-electron chi connectivity index (χ1n) is 17.5. The zero-order valence-electron chi connectivity index (χ0n) is 28.6. The second-order valence-electron chi connectivity index (χ2n) is 14.0. The number of fused-ring (bicyclic) bond motifs is 6. The number of carbonyl (C=O) groups is 1. The molecule has 53 heavy (non-hydrogen) atoms. The van der Waals surface area contributed by atoms with Gasteiger partial charge in [-0.15, -0.1) is 21.5 Å². The summed E-state index contributed by atoms with van der Waals surface area (Å²) in [6.07, 6.45) is 3.34. The number of carbonyl (C=O) groups excluding carboxylic acids is 1. The number of alkyl halides is 2. The van der Waals surface area contributed by atoms with Gasteiger partial charge in [-0.05, 0) is 54.1 Å². The smallest absolute Gasteiger partial charge is 0.276 e. The molecule has 10 rings (SSSR count). The predicted molar refractivity (Wildman–Crippen MR) is 195 cm³/mol. The Balaban J connectivity index is 1.15. The number of pyridine rings is 2. The second-order valence-corrected chi connectivity index (χ2v) is 15.5. The number of hydrogen-bond donors (Lipinski definition) is 1. The van der Waals surface area contributed by atoms with Crippen molar-refractivity contribution in [3.05, 3.63) is 99.3 Å². The molecule has 1 saturated heterocycles. The van der Waals surface area contributed by atoms with E-state index in [0.717, 1.165) is 40.1 Å². The van der Waals surface area contributed by atoms with Crippen molar-refractivity contribution < 1.29 is 27.5 Å². The topological polar surface area (TPSA) is 116 Å². The van der Waals surface area contributed by atoms with Crippen LogP contribution in [-0.4, -0.2) is 57.2 Å². The molecule has 0 bridgehead atoms. The molecule has 268 valence electrons. The number of aromatic nitrogens is 4. The normalized spacial score (nSPS) is 20.7. The quantitative estimate of drug-likeness (QED) is 0.171. The number of methoxy groups -OCH3 is 1. The molecule has 2 aromatic carbocycles. The maximum atomic E-state index is 15.7. The average molecular weight is 753 g/mol. The van der Waals surface area contributed by atoms with Crippen LogP contribution >= 0.6 is 22.9 Å². The van der Waals surface area contributed by atoms with E-state index in [-0.39, 0.29) is 23.8 Å². The van der Waals surface area contributed by atoms with Gasteiger partial charge < -0.3 is 24.1 Å². The lowest BCUT2D eigenvalue weighted by molar-refractivity contribution is -0.00734. The van der Waals surface area contributed by atoms with E-state index in [9.17, 15) is 4.79 Å². The second kappa shape index (κ2) is 11.9. The minimum atomic E-state index is -3.09. The number of halogens is 3. The van der Waals surface area contributed by atoms with Crippen molar-refractivity contribution in [1.29, 1.82) is 0 Å². The maximum absolute atomic E-state index is 15.7. The number of amides is 1. The fourth-order valence-electron chi connectivity index (χ4n) is 8.53. The Bertz CT molecular complexity index is 2500. The summed E-state index contributed by atoms with van der Waals surface area (Å²) in [6, 6.07) is 13.2.